The van der Waals surface area contributed by atoms with Crippen molar-refractivity contribution in [3.63, 3.8) is 0 Å². The molecule has 0 fully saturated rings. The summed E-state index contributed by atoms with van der Waals surface area (Å²) in [5.74, 6) is -0.925. The van der Waals surface area contributed by atoms with Gasteiger partial charge in [-0.15, -0.1) is 0 Å². The summed E-state index contributed by atoms with van der Waals surface area (Å²) in [4.78, 5) is 34.9. The minimum Gasteiger partial charge on any atom is -0.481 e. The summed E-state index contributed by atoms with van der Waals surface area (Å²) in [6, 6.07) is 19.5. The molecule has 7 nitrogen and oxygen atoms in total. The number of rotatable bonds is 5. The molecular formula is C23H15NO6. The first kappa shape index (κ1) is 19.1. The first-order valence-electron chi connectivity index (χ1n) is 9.06. The summed E-state index contributed by atoms with van der Waals surface area (Å²) >= 11 is 0. The van der Waals surface area contributed by atoms with Crippen LogP contribution < -0.4 is 5.43 Å². The van der Waals surface area contributed by atoms with Crippen LogP contribution >= 0.6 is 0 Å². The number of hydrogen-bond donors (Lipinski definition) is 1. The van der Waals surface area contributed by atoms with E-state index in [2.05, 4.69) is 0 Å². The number of hydrogen-bond acceptors (Lipinski definition) is 5. The van der Waals surface area contributed by atoms with E-state index in [4.69, 9.17) is 9.52 Å². The normalized spacial score (nSPS) is 10.8. The summed E-state index contributed by atoms with van der Waals surface area (Å²) < 4.78 is 5.86. The second kappa shape index (κ2) is 7.63. The highest BCUT2D eigenvalue weighted by Crippen LogP contribution is 2.34. The zero-order valence-corrected chi connectivity index (χ0v) is 15.6. The highest BCUT2D eigenvalue weighted by Gasteiger charge is 2.19. The average Bonchev–Trinajstić information content (AvgIpc) is 2.74. The van der Waals surface area contributed by atoms with Gasteiger partial charge in [-0.25, -0.2) is 0 Å². The van der Waals surface area contributed by atoms with Crippen LogP contribution in [0, 0.1) is 10.1 Å². The molecule has 7 heteroatoms. The Hall–Kier alpha value is -4.26. The van der Waals surface area contributed by atoms with Crippen LogP contribution in [0.25, 0.3) is 33.4 Å². The largest absolute Gasteiger partial charge is 0.481 e. The molecule has 0 unspecified atom stereocenters. The van der Waals surface area contributed by atoms with Crippen LogP contribution in [0.1, 0.15) is 5.56 Å². The third kappa shape index (κ3) is 3.56. The van der Waals surface area contributed by atoms with Gasteiger partial charge in [0.2, 0.25) is 0 Å². The summed E-state index contributed by atoms with van der Waals surface area (Å²) in [6.07, 6.45) is -0.309. The summed E-state index contributed by atoms with van der Waals surface area (Å²) in [6.45, 7) is 0. The van der Waals surface area contributed by atoms with E-state index in [1.165, 1.54) is 12.1 Å². The number of carbonyl (C=O) groups is 1. The number of carboxylic acids is 1. The van der Waals surface area contributed by atoms with Crippen LogP contribution in [0.15, 0.2) is 82.0 Å². The highest BCUT2D eigenvalue weighted by atomic mass is 16.6. The fraction of sp³-hybridized carbons (Fsp3) is 0.0435. The van der Waals surface area contributed by atoms with E-state index < -0.39 is 10.9 Å². The Morgan fingerprint density at radius 1 is 0.967 bits per heavy atom. The molecule has 3 aromatic carbocycles. The molecule has 0 radical (unpaired) electrons. The quantitative estimate of drug-likeness (QED) is 0.384. The molecule has 1 aromatic heterocycles. The lowest BCUT2D eigenvalue weighted by molar-refractivity contribution is -0.384. The number of fused-ring (bicyclic) bond motifs is 1. The Bertz CT molecular complexity index is 1340. The summed E-state index contributed by atoms with van der Waals surface area (Å²) in [5.41, 5.74) is 1.53. The minimum absolute atomic E-state index is 0.125. The second-order valence-electron chi connectivity index (χ2n) is 6.69. The number of para-hydroxylation sites is 1. The Labute approximate surface area is 170 Å². The standard InChI is InChI=1S/C23H15NO6/c25-20-13-21(30-23-16(12-22(26)27)7-4-8-18(20)23)15-9-10-17(19(11-15)24(28)29)14-5-2-1-3-6-14/h1-11,13H,12H2,(H,26,27). The van der Waals surface area contributed by atoms with Gasteiger partial charge in [0.1, 0.15) is 11.3 Å². The maximum Gasteiger partial charge on any atom is 0.307 e. The highest BCUT2D eigenvalue weighted by molar-refractivity contribution is 5.86. The maximum absolute atomic E-state index is 12.6. The number of aliphatic carboxylic acids is 1. The van der Waals surface area contributed by atoms with Crippen molar-refractivity contribution in [2.24, 2.45) is 0 Å². The van der Waals surface area contributed by atoms with Crippen molar-refractivity contribution in [2.75, 3.05) is 0 Å². The predicted molar refractivity (Wildman–Crippen MR) is 111 cm³/mol. The first-order chi connectivity index (χ1) is 14.4. The van der Waals surface area contributed by atoms with E-state index >= 15 is 0 Å². The molecule has 0 amide bonds. The second-order valence-corrected chi connectivity index (χ2v) is 6.69. The van der Waals surface area contributed by atoms with Crippen LogP contribution in [0.4, 0.5) is 5.69 Å². The molecule has 0 bridgehead atoms. The Kier molecular flexibility index (Phi) is 4.85. The number of benzene rings is 3. The van der Waals surface area contributed by atoms with Gasteiger partial charge < -0.3 is 9.52 Å². The van der Waals surface area contributed by atoms with Gasteiger partial charge in [-0.05, 0) is 17.7 Å². The third-order valence-corrected chi connectivity index (χ3v) is 4.74. The van der Waals surface area contributed by atoms with E-state index in [0.717, 1.165) is 0 Å². The fourth-order valence-corrected chi connectivity index (χ4v) is 3.38. The van der Waals surface area contributed by atoms with Gasteiger partial charge in [-0.3, -0.25) is 19.7 Å². The smallest absolute Gasteiger partial charge is 0.307 e. The van der Waals surface area contributed by atoms with Crippen molar-refractivity contribution in [3.05, 3.63) is 98.7 Å². The number of nitro benzene ring substituents is 1. The SMILES string of the molecule is O=C(O)Cc1cccc2c(=O)cc(-c3ccc(-c4ccccc4)c([N+](=O)[O-])c3)oc12. The molecular weight excluding hydrogens is 386 g/mol. The van der Waals surface area contributed by atoms with Gasteiger partial charge in [0.15, 0.2) is 5.43 Å². The Morgan fingerprint density at radius 2 is 1.73 bits per heavy atom. The molecule has 4 aromatic rings. The van der Waals surface area contributed by atoms with Gasteiger partial charge in [0, 0.05) is 23.3 Å². The lowest BCUT2D eigenvalue weighted by Crippen LogP contribution is -2.05. The van der Waals surface area contributed by atoms with Crippen LogP contribution in [-0.4, -0.2) is 16.0 Å². The Balaban J connectivity index is 1.90. The molecule has 0 atom stereocenters. The minimum atomic E-state index is -1.06. The van der Waals surface area contributed by atoms with Gasteiger partial charge in [0.05, 0.1) is 22.3 Å². The molecule has 0 saturated heterocycles. The number of nitro groups is 1. The van der Waals surface area contributed by atoms with Crippen molar-refractivity contribution in [3.8, 4) is 22.5 Å². The molecule has 1 heterocycles. The van der Waals surface area contributed by atoms with E-state index in [1.807, 2.05) is 6.07 Å². The van der Waals surface area contributed by atoms with Crippen molar-refractivity contribution < 1.29 is 19.2 Å². The van der Waals surface area contributed by atoms with Crippen molar-refractivity contribution in [1.29, 1.82) is 0 Å². The van der Waals surface area contributed by atoms with Crippen molar-refractivity contribution >= 4 is 22.6 Å². The van der Waals surface area contributed by atoms with Crippen LogP contribution in [0.2, 0.25) is 0 Å². The van der Waals surface area contributed by atoms with E-state index in [0.29, 0.717) is 22.3 Å². The van der Waals surface area contributed by atoms with Crippen molar-refractivity contribution in [1.82, 2.24) is 0 Å². The zero-order chi connectivity index (χ0) is 21.3. The predicted octanol–water partition coefficient (Wildman–Crippen LogP) is 4.66. The van der Waals surface area contributed by atoms with Gasteiger partial charge in [-0.2, -0.15) is 0 Å². The van der Waals surface area contributed by atoms with E-state index in [1.54, 1.807) is 54.6 Å². The zero-order valence-electron chi connectivity index (χ0n) is 15.6. The van der Waals surface area contributed by atoms with Crippen LogP contribution in [0.3, 0.4) is 0 Å². The average molecular weight is 401 g/mol. The molecule has 0 aliphatic heterocycles. The Morgan fingerprint density at radius 3 is 2.43 bits per heavy atom. The molecule has 0 aliphatic rings. The van der Waals surface area contributed by atoms with Crippen molar-refractivity contribution in [2.45, 2.75) is 6.42 Å². The number of nitrogens with zero attached hydrogens (tertiary/aromatic N) is 1. The topological polar surface area (TPSA) is 111 Å². The fourth-order valence-electron chi connectivity index (χ4n) is 3.38. The molecule has 4 rings (SSSR count). The summed E-state index contributed by atoms with van der Waals surface area (Å²) in [7, 11) is 0. The summed E-state index contributed by atoms with van der Waals surface area (Å²) in [5, 5.41) is 21.1. The molecule has 0 aliphatic carbocycles. The van der Waals surface area contributed by atoms with Gasteiger partial charge in [0.25, 0.3) is 5.69 Å². The monoisotopic (exact) mass is 401 g/mol. The van der Waals surface area contributed by atoms with Gasteiger partial charge in [-0.1, -0.05) is 48.5 Å². The van der Waals surface area contributed by atoms with Crippen LogP contribution in [-0.2, 0) is 11.2 Å². The molecule has 148 valence electrons. The third-order valence-electron chi connectivity index (χ3n) is 4.74. The number of carboxylic acid groups (broad SMARTS) is 1. The molecule has 1 N–H and O–H groups in total. The van der Waals surface area contributed by atoms with E-state index in [9.17, 15) is 19.7 Å². The molecule has 30 heavy (non-hydrogen) atoms. The molecule has 0 spiro atoms. The lowest BCUT2D eigenvalue weighted by atomic mass is 10.0. The van der Waals surface area contributed by atoms with E-state index in [-0.39, 0.29) is 34.3 Å². The lowest BCUT2D eigenvalue weighted by Gasteiger charge is -2.08. The van der Waals surface area contributed by atoms with Crippen LogP contribution in [0.5, 0.6) is 0 Å². The molecule has 0 saturated carbocycles. The van der Waals surface area contributed by atoms with Gasteiger partial charge >= 0.3 is 5.97 Å². The maximum atomic E-state index is 12.6. The first-order valence-corrected chi connectivity index (χ1v) is 9.06.